The first-order valence-electron chi connectivity index (χ1n) is 7.00. The van der Waals surface area contributed by atoms with Gasteiger partial charge in [0.25, 0.3) is 0 Å². The number of aromatic nitrogens is 1. The fraction of sp³-hybridized carbons (Fsp3) is 0.267. The molecule has 2 heterocycles. The maximum atomic E-state index is 14.1. The van der Waals surface area contributed by atoms with Gasteiger partial charge in [0.2, 0.25) is 5.43 Å². The van der Waals surface area contributed by atoms with Gasteiger partial charge in [-0.1, -0.05) is 11.6 Å². The summed E-state index contributed by atoms with van der Waals surface area (Å²) < 4.78 is 29.3. The highest BCUT2D eigenvalue weighted by atomic mass is 35.5. The van der Waals surface area contributed by atoms with Gasteiger partial charge in [0.1, 0.15) is 22.5 Å². The highest BCUT2D eigenvalue weighted by Crippen LogP contribution is 2.42. The molecular formula is C15H11ClF2N4O3. The van der Waals surface area contributed by atoms with Gasteiger partial charge in [-0.25, -0.2) is 13.6 Å². The van der Waals surface area contributed by atoms with E-state index >= 15 is 0 Å². The Balaban J connectivity index is 2.73. The van der Waals surface area contributed by atoms with Crippen LogP contribution in [-0.2, 0) is 5.54 Å². The standard InChI is InChI=1S/C15H11ClF2N4O3/c1-15(2)4-21(14(24)25)13-5(3-19)12(23)6-10(20)9(18)8(17)7(16)11(6)22(13)15/h4,20H2,1-2H3,(H,24,25). The molecule has 2 aromatic rings. The first-order chi connectivity index (χ1) is 11.5. The molecule has 10 heteroatoms. The van der Waals surface area contributed by atoms with Crippen LogP contribution < -0.4 is 16.1 Å². The van der Waals surface area contributed by atoms with E-state index in [0.717, 1.165) is 4.90 Å². The van der Waals surface area contributed by atoms with Crippen molar-refractivity contribution in [2.24, 2.45) is 0 Å². The van der Waals surface area contributed by atoms with Crippen molar-refractivity contribution in [3.8, 4) is 6.07 Å². The first-order valence-corrected chi connectivity index (χ1v) is 7.38. The van der Waals surface area contributed by atoms with Crippen LogP contribution in [0.25, 0.3) is 10.9 Å². The summed E-state index contributed by atoms with van der Waals surface area (Å²) in [4.78, 5) is 25.0. The van der Waals surface area contributed by atoms with Crippen molar-refractivity contribution >= 4 is 40.1 Å². The van der Waals surface area contributed by atoms with Crippen molar-refractivity contribution in [3.63, 3.8) is 0 Å². The summed E-state index contributed by atoms with van der Waals surface area (Å²) in [6.07, 6.45) is -1.40. The summed E-state index contributed by atoms with van der Waals surface area (Å²) in [5.74, 6) is -3.19. The smallest absolute Gasteiger partial charge is 0.413 e. The Labute approximate surface area is 144 Å². The van der Waals surface area contributed by atoms with E-state index in [1.54, 1.807) is 19.9 Å². The molecule has 0 radical (unpaired) electrons. The number of hydrogen-bond acceptors (Lipinski definition) is 4. The fourth-order valence-electron chi connectivity index (χ4n) is 3.19. The van der Waals surface area contributed by atoms with Crippen molar-refractivity contribution in [3.05, 3.63) is 32.4 Å². The molecule has 0 spiro atoms. The van der Waals surface area contributed by atoms with Crippen molar-refractivity contribution < 1.29 is 18.7 Å². The Morgan fingerprint density at radius 1 is 1.40 bits per heavy atom. The zero-order valence-corrected chi connectivity index (χ0v) is 13.8. The molecule has 0 aliphatic carbocycles. The predicted molar refractivity (Wildman–Crippen MR) is 87.0 cm³/mol. The number of nitrogens with two attached hydrogens (primary N) is 1. The molecule has 130 valence electrons. The van der Waals surface area contributed by atoms with Crippen LogP contribution in [0.5, 0.6) is 0 Å². The number of nitrogens with zero attached hydrogens (tertiary/aromatic N) is 3. The Bertz CT molecular complexity index is 1070. The average molecular weight is 369 g/mol. The van der Waals surface area contributed by atoms with Gasteiger partial charge in [-0.15, -0.1) is 0 Å². The van der Waals surface area contributed by atoms with Gasteiger partial charge in [-0.3, -0.25) is 9.69 Å². The summed E-state index contributed by atoms with van der Waals surface area (Å²) in [5, 5.41) is 17.6. The minimum absolute atomic E-state index is 0.120. The molecule has 0 atom stereocenters. The zero-order chi connectivity index (χ0) is 18.8. The molecule has 1 aliphatic rings. The fourth-order valence-corrected chi connectivity index (χ4v) is 3.45. The Morgan fingerprint density at radius 3 is 2.52 bits per heavy atom. The molecule has 3 rings (SSSR count). The lowest BCUT2D eigenvalue weighted by Gasteiger charge is -2.24. The van der Waals surface area contributed by atoms with Gasteiger partial charge in [-0.05, 0) is 13.8 Å². The summed E-state index contributed by atoms with van der Waals surface area (Å²) in [6.45, 7) is 3.10. The van der Waals surface area contributed by atoms with Gasteiger partial charge >= 0.3 is 6.09 Å². The molecule has 1 aromatic heterocycles. The number of rotatable bonds is 0. The van der Waals surface area contributed by atoms with E-state index < -0.39 is 50.4 Å². The SMILES string of the molecule is CC1(C)CN(C(=O)O)c2c(C#N)c(=O)c3c(N)c(F)c(F)c(Cl)c3n21. The van der Waals surface area contributed by atoms with E-state index in [1.165, 1.54) is 4.57 Å². The second-order valence-corrected chi connectivity index (χ2v) is 6.61. The molecule has 0 unspecified atom stereocenters. The minimum Gasteiger partial charge on any atom is -0.465 e. The molecule has 1 aliphatic heterocycles. The number of nitrogen functional groups attached to an aromatic ring is 1. The molecule has 3 N–H and O–H groups in total. The van der Waals surface area contributed by atoms with Crippen LogP contribution in [0.15, 0.2) is 4.79 Å². The molecule has 7 nitrogen and oxygen atoms in total. The number of fused-ring (bicyclic) bond motifs is 3. The second-order valence-electron chi connectivity index (χ2n) is 6.24. The average Bonchev–Trinajstić information content (AvgIpc) is 2.82. The van der Waals surface area contributed by atoms with Crippen LogP contribution in [0.4, 0.5) is 25.1 Å². The number of amides is 1. The normalized spacial score (nSPS) is 15.3. The molecular weight excluding hydrogens is 358 g/mol. The van der Waals surface area contributed by atoms with Gasteiger partial charge in [0.15, 0.2) is 11.6 Å². The quantitative estimate of drug-likeness (QED) is 0.548. The lowest BCUT2D eigenvalue weighted by Crippen LogP contribution is -2.33. The maximum Gasteiger partial charge on any atom is 0.413 e. The Morgan fingerprint density at radius 2 is 2.00 bits per heavy atom. The van der Waals surface area contributed by atoms with Crippen LogP contribution in [0.3, 0.4) is 0 Å². The van der Waals surface area contributed by atoms with Crippen LogP contribution in [0.1, 0.15) is 19.4 Å². The molecule has 0 bridgehead atoms. The first kappa shape index (κ1) is 17.0. The lowest BCUT2D eigenvalue weighted by atomic mass is 10.0. The Kier molecular flexibility index (Phi) is 3.44. The van der Waals surface area contributed by atoms with Crippen LogP contribution in [0.2, 0.25) is 5.02 Å². The van der Waals surface area contributed by atoms with E-state index in [2.05, 4.69) is 0 Å². The number of nitriles is 1. The van der Waals surface area contributed by atoms with Gasteiger partial charge in [0, 0.05) is 0 Å². The molecule has 0 saturated heterocycles. The van der Waals surface area contributed by atoms with E-state index in [9.17, 15) is 28.7 Å². The summed E-state index contributed by atoms with van der Waals surface area (Å²) in [5.41, 5.74) is 2.00. The van der Waals surface area contributed by atoms with E-state index in [4.69, 9.17) is 17.3 Å². The molecule has 25 heavy (non-hydrogen) atoms. The molecule has 0 saturated carbocycles. The number of carbonyl (C=O) groups is 1. The number of halogens is 3. The number of benzene rings is 1. The second kappa shape index (κ2) is 5.07. The van der Waals surface area contributed by atoms with Crippen molar-refractivity contribution in [2.75, 3.05) is 17.2 Å². The van der Waals surface area contributed by atoms with Crippen molar-refractivity contribution in [1.29, 1.82) is 5.26 Å². The molecule has 0 fully saturated rings. The highest BCUT2D eigenvalue weighted by molar-refractivity contribution is 6.36. The number of carboxylic acid groups (broad SMARTS) is 1. The van der Waals surface area contributed by atoms with Crippen LogP contribution in [-0.4, -0.2) is 22.3 Å². The topological polar surface area (TPSA) is 112 Å². The van der Waals surface area contributed by atoms with Crippen molar-refractivity contribution in [1.82, 2.24) is 4.57 Å². The number of pyridine rings is 1. The highest BCUT2D eigenvalue weighted by Gasteiger charge is 2.43. The molecule has 1 amide bonds. The number of anilines is 2. The van der Waals surface area contributed by atoms with E-state index in [0.29, 0.717) is 0 Å². The van der Waals surface area contributed by atoms with Gasteiger partial charge in [0.05, 0.1) is 28.7 Å². The summed E-state index contributed by atoms with van der Waals surface area (Å²) in [7, 11) is 0. The number of hydrogen-bond donors (Lipinski definition) is 2. The lowest BCUT2D eigenvalue weighted by molar-refractivity contribution is 0.201. The largest absolute Gasteiger partial charge is 0.465 e. The third-order valence-electron chi connectivity index (χ3n) is 4.20. The summed E-state index contributed by atoms with van der Waals surface area (Å²) in [6, 6.07) is 1.64. The predicted octanol–water partition coefficient (Wildman–Crippen LogP) is 2.62. The van der Waals surface area contributed by atoms with Crippen LogP contribution >= 0.6 is 11.6 Å². The summed E-state index contributed by atoms with van der Waals surface area (Å²) >= 11 is 5.93. The van der Waals surface area contributed by atoms with E-state index in [-0.39, 0.29) is 17.9 Å². The molecule has 1 aromatic carbocycles. The third-order valence-corrected chi connectivity index (χ3v) is 4.54. The van der Waals surface area contributed by atoms with Gasteiger partial charge < -0.3 is 15.4 Å². The van der Waals surface area contributed by atoms with Crippen LogP contribution in [0, 0.1) is 23.0 Å². The third kappa shape index (κ3) is 2.01. The van der Waals surface area contributed by atoms with Gasteiger partial charge in [-0.2, -0.15) is 5.26 Å². The van der Waals surface area contributed by atoms with Crippen molar-refractivity contribution in [2.45, 2.75) is 19.4 Å². The monoisotopic (exact) mass is 368 g/mol. The minimum atomic E-state index is -1.50. The Hall–Kier alpha value is -2.86. The zero-order valence-electron chi connectivity index (χ0n) is 13.0. The van der Waals surface area contributed by atoms with E-state index in [1.807, 2.05) is 0 Å². The maximum absolute atomic E-state index is 14.1.